The molecule has 0 saturated heterocycles. The van der Waals surface area contributed by atoms with Crippen LogP contribution in [0.4, 0.5) is 0 Å². The van der Waals surface area contributed by atoms with E-state index in [1.54, 1.807) is 19.2 Å². The molecule has 0 saturated carbocycles. The van der Waals surface area contributed by atoms with Crippen LogP contribution in [-0.4, -0.2) is 25.2 Å². The fourth-order valence-electron chi connectivity index (χ4n) is 3.21. The first kappa shape index (κ1) is 18.8. The predicted molar refractivity (Wildman–Crippen MR) is 97.6 cm³/mol. The Morgan fingerprint density at radius 1 is 0.963 bits per heavy atom. The summed E-state index contributed by atoms with van der Waals surface area (Å²) in [5.74, 6) is 0.359. The largest absolute Gasteiger partial charge is 0.497 e. The number of carbonyl (C=O) groups excluding carboxylic acids is 2. The van der Waals surface area contributed by atoms with Gasteiger partial charge in [-0.2, -0.15) is 0 Å². The van der Waals surface area contributed by atoms with Crippen molar-refractivity contribution in [3.05, 3.63) is 59.2 Å². The highest BCUT2D eigenvalue weighted by atomic mass is 16.6. The molecule has 142 valence electrons. The highest BCUT2D eigenvalue weighted by Gasteiger charge is 2.43. The molecule has 27 heavy (non-hydrogen) atoms. The number of hydrogen-bond acceptors (Lipinski definition) is 6. The summed E-state index contributed by atoms with van der Waals surface area (Å²) in [7, 11) is 1.59. The van der Waals surface area contributed by atoms with Crippen molar-refractivity contribution >= 4 is 11.9 Å². The van der Waals surface area contributed by atoms with Gasteiger partial charge in [-0.15, -0.1) is 0 Å². The van der Waals surface area contributed by atoms with Gasteiger partial charge in [-0.1, -0.05) is 23.8 Å². The molecular formula is C21H22O6. The van der Waals surface area contributed by atoms with E-state index < -0.39 is 30.3 Å². The Bertz CT molecular complexity index is 842. The van der Waals surface area contributed by atoms with Crippen LogP contribution in [-0.2, 0) is 19.1 Å². The van der Waals surface area contributed by atoms with Crippen LogP contribution in [0.1, 0.15) is 42.7 Å². The molecule has 6 heteroatoms. The molecule has 0 amide bonds. The van der Waals surface area contributed by atoms with Gasteiger partial charge in [-0.25, -0.2) is 0 Å². The quantitative estimate of drug-likeness (QED) is 0.765. The van der Waals surface area contributed by atoms with Crippen molar-refractivity contribution in [1.29, 1.82) is 0 Å². The van der Waals surface area contributed by atoms with Gasteiger partial charge < -0.3 is 18.9 Å². The van der Waals surface area contributed by atoms with E-state index in [9.17, 15) is 9.59 Å². The number of aryl methyl sites for hydroxylation is 1. The van der Waals surface area contributed by atoms with Crippen molar-refractivity contribution in [2.24, 2.45) is 0 Å². The highest BCUT2D eigenvalue weighted by molar-refractivity contribution is 5.68. The predicted octanol–water partition coefficient (Wildman–Crippen LogP) is 3.67. The molecule has 0 radical (unpaired) electrons. The lowest BCUT2D eigenvalue weighted by Crippen LogP contribution is -2.39. The summed E-state index contributed by atoms with van der Waals surface area (Å²) in [6.07, 6.45) is -2.20. The Balaban J connectivity index is 2.08. The Labute approximate surface area is 158 Å². The molecule has 2 aromatic rings. The van der Waals surface area contributed by atoms with Crippen molar-refractivity contribution in [1.82, 2.24) is 0 Å². The Morgan fingerprint density at radius 3 is 2.22 bits per heavy atom. The van der Waals surface area contributed by atoms with E-state index in [1.165, 1.54) is 13.8 Å². The van der Waals surface area contributed by atoms with E-state index in [4.69, 9.17) is 18.9 Å². The van der Waals surface area contributed by atoms with Crippen LogP contribution in [0.2, 0.25) is 0 Å². The SMILES string of the molecule is COc1ccc([C@H]2Oc3ccc(C)cc3[C@@H](OC(C)=O)[C@@H]2OC(C)=O)cc1. The highest BCUT2D eigenvalue weighted by Crippen LogP contribution is 2.45. The van der Waals surface area contributed by atoms with Gasteiger partial charge in [0.15, 0.2) is 18.3 Å². The molecule has 0 spiro atoms. The van der Waals surface area contributed by atoms with E-state index in [-0.39, 0.29) is 0 Å². The van der Waals surface area contributed by atoms with Crippen LogP contribution in [0.25, 0.3) is 0 Å². The number of methoxy groups -OCH3 is 1. The normalized spacial score (nSPS) is 20.8. The minimum absolute atomic E-state index is 0.458. The molecule has 3 atom stereocenters. The fourth-order valence-corrected chi connectivity index (χ4v) is 3.21. The smallest absolute Gasteiger partial charge is 0.303 e. The van der Waals surface area contributed by atoms with Crippen LogP contribution in [0, 0.1) is 6.92 Å². The van der Waals surface area contributed by atoms with Crippen LogP contribution in [0.3, 0.4) is 0 Å². The van der Waals surface area contributed by atoms with Gasteiger partial charge in [-0.05, 0) is 36.8 Å². The van der Waals surface area contributed by atoms with Crippen molar-refractivity contribution < 1.29 is 28.5 Å². The lowest BCUT2D eigenvalue weighted by Gasteiger charge is -2.38. The molecule has 6 nitrogen and oxygen atoms in total. The van der Waals surface area contributed by atoms with Gasteiger partial charge in [0.05, 0.1) is 7.11 Å². The standard InChI is InChI=1S/C21H22O6/c1-12-5-10-18-17(11-12)20(25-13(2)22)21(26-14(3)23)19(27-18)15-6-8-16(24-4)9-7-15/h5-11,19-21H,1-4H3/t19-,20-,21-/m1/s1. The third-order valence-electron chi connectivity index (χ3n) is 4.36. The lowest BCUT2D eigenvalue weighted by molar-refractivity contribution is -0.178. The number of fused-ring (bicyclic) bond motifs is 1. The zero-order valence-electron chi connectivity index (χ0n) is 15.7. The van der Waals surface area contributed by atoms with Gasteiger partial charge in [0.2, 0.25) is 0 Å². The second-order valence-corrected chi connectivity index (χ2v) is 6.46. The zero-order valence-corrected chi connectivity index (χ0v) is 15.7. The molecule has 1 aliphatic rings. The zero-order chi connectivity index (χ0) is 19.6. The molecular weight excluding hydrogens is 348 g/mol. The summed E-state index contributed by atoms with van der Waals surface area (Å²) >= 11 is 0. The number of rotatable bonds is 4. The molecule has 0 fully saturated rings. The second kappa shape index (κ2) is 7.70. The summed E-state index contributed by atoms with van der Waals surface area (Å²) in [5, 5.41) is 0. The first-order valence-electron chi connectivity index (χ1n) is 8.64. The Hall–Kier alpha value is -3.02. The number of carbonyl (C=O) groups is 2. The maximum absolute atomic E-state index is 11.8. The maximum Gasteiger partial charge on any atom is 0.303 e. The summed E-state index contributed by atoms with van der Waals surface area (Å²) in [4.78, 5) is 23.5. The molecule has 0 N–H and O–H groups in total. The van der Waals surface area contributed by atoms with Crippen LogP contribution in [0.15, 0.2) is 42.5 Å². The summed E-state index contributed by atoms with van der Waals surface area (Å²) in [5.41, 5.74) is 2.45. The summed E-state index contributed by atoms with van der Waals surface area (Å²) in [6.45, 7) is 4.58. The van der Waals surface area contributed by atoms with E-state index in [1.807, 2.05) is 37.3 Å². The van der Waals surface area contributed by atoms with E-state index >= 15 is 0 Å². The van der Waals surface area contributed by atoms with Crippen molar-refractivity contribution in [3.8, 4) is 11.5 Å². The topological polar surface area (TPSA) is 71.1 Å². The molecule has 0 aliphatic carbocycles. The van der Waals surface area contributed by atoms with Crippen molar-refractivity contribution in [2.75, 3.05) is 7.11 Å². The van der Waals surface area contributed by atoms with Gasteiger partial charge in [-0.3, -0.25) is 9.59 Å². The lowest BCUT2D eigenvalue weighted by atomic mass is 9.91. The number of esters is 2. The van der Waals surface area contributed by atoms with Crippen molar-refractivity contribution in [2.45, 2.75) is 39.1 Å². The first-order valence-corrected chi connectivity index (χ1v) is 8.64. The minimum atomic E-state index is -0.811. The summed E-state index contributed by atoms with van der Waals surface area (Å²) < 4.78 is 22.5. The van der Waals surface area contributed by atoms with E-state index in [0.29, 0.717) is 17.1 Å². The fraction of sp³-hybridized carbons (Fsp3) is 0.333. The molecule has 0 aromatic heterocycles. The first-order chi connectivity index (χ1) is 12.9. The van der Waals surface area contributed by atoms with Gasteiger partial charge >= 0.3 is 11.9 Å². The third kappa shape index (κ3) is 4.05. The summed E-state index contributed by atoms with van der Waals surface area (Å²) in [6, 6.07) is 12.9. The molecule has 0 bridgehead atoms. The monoisotopic (exact) mass is 370 g/mol. The molecule has 1 heterocycles. The Kier molecular flexibility index (Phi) is 5.35. The number of ether oxygens (including phenoxy) is 4. The van der Waals surface area contributed by atoms with Gasteiger partial charge in [0.25, 0.3) is 0 Å². The van der Waals surface area contributed by atoms with Crippen molar-refractivity contribution in [3.63, 3.8) is 0 Å². The minimum Gasteiger partial charge on any atom is -0.497 e. The molecule has 1 aliphatic heterocycles. The van der Waals surface area contributed by atoms with Crippen LogP contribution >= 0.6 is 0 Å². The molecule has 3 rings (SSSR count). The van der Waals surface area contributed by atoms with E-state index in [2.05, 4.69) is 0 Å². The maximum atomic E-state index is 11.8. The van der Waals surface area contributed by atoms with Gasteiger partial charge in [0, 0.05) is 19.4 Å². The van der Waals surface area contributed by atoms with Gasteiger partial charge in [0.1, 0.15) is 11.5 Å². The second-order valence-electron chi connectivity index (χ2n) is 6.46. The molecule has 0 unspecified atom stereocenters. The van der Waals surface area contributed by atoms with Crippen LogP contribution in [0.5, 0.6) is 11.5 Å². The Morgan fingerprint density at radius 2 is 1.63 bits per heavy atom. The molecule has 2 aromatic carbocycles. The van der Waals surface area contributed by atoms with E-state index in [0.717, 1.165) is 11.1 Å². The number of benzene rings is 2. The van der Waals surface area contributed by atoms with Crippen LogP contribution < -0.4 is 9.47 Å². The third-order valence-corrected chi connectivity index (χ3v) is 4.36. The average molecular weight is 370 g/mol. The number of hydrogen-bond donors (Lipinski definition) is 0. The average Bonchev–Trinajstić information content (AvgIpc) is 2.63.